The van der Waals surface area contributed by atoms with Gasteiger partial charge in [-0.05, 0) is 60.0 Å². The smallest absolute Gasteiger partial charge is 0.337 e. The quantitative estimate of drug-likeness (QED) is 0.777. The van der Waals surface area contributed by atoms with Crippen LogP contribution in [0.1, 0.15) is 39.3 Å². The Balaban J connectivity index is 1.94. The molecule has 0 atom stereocenters. The van der Waals surface area contributed by atoms with Crippen LogP contribution in [0.15, 0.2) is 33.4 Å². The minimum Gasteiger partial charge on any atom is -0.465 e. The van der Waals surface area contributed by atoms with E-state index in [9.17, 15) is 9.59 Å². The van der Waals surface area contributed by atoms with E-state index in [1.165, 1.54) is 7.11 Å². The summed E-state index contributed by atoms with van der Waals surface area (Å²) in [6.45, 7) is 3.65. The number of hydrogen-bond donors (Lipinski definition) is 1. The maximum atomic E-state index is 12.6. The monoisotopic (exact) mass is 406 g/mol. The second-order valence-corrected chi connectivity index (χ2v) is 6.72. The van der Waals surface area contributed by atoms with Crippen LogP contribution in [-0.2, 0) is 4.74 Å². The number of rotatable bonds is 4. The van der Waals surface area contributed by atoms with Crippen molar-refractivity contribution >= 4 is 39.2 Å². The van der Waals surface area contributed by atoms with Gasteiger partial charge in [-0.1, -0.05) is 0 Å². The summed E-state index contributed by atoms with van der Waals surface area (Å²) in [6.07, 6.45) is 2.22. The number of amides is 1. The molecule has 1 amide bonds. The number of esters is 1. The number of aryl methyl sites for hydroxylation is 1. The van der Waals surface area contributed by atoms with Crippen molar-refractivity contribution in [3.63, 3.8) is 0 Å². The topological polar surface area (TPSA) is 71.8 Å². The van der Waals surface area contributed by atoms with Crippen molar-refractivity contribution in [3.8, 4) is 0 Å². The minimum atomic E-state index is -0.444. The molecular weight excluding hydrogens is 388 g/mol. The van der Waals surface area contributed by atoms with E-state index in [0.29, 0.717) is 15.9 Å². The number of nitrogens with one attached hydrogen (secondary N) is 1. The van der Waals surface area contributed by atoms with Crippen molar-refractivity contribution in [2.45, 2.75) is 19.8 Å². The van der Waals surface area contributed by atoms with Gasteiger partial charge in [-0.3, -0.25) is 4.79 Å². The molecule has 3 rings (SSSR count). The van der Waals surface area contributed by atoms with E-state index >= 15 is 0 Å². The molecule has 1 aliphatic heterocycles. The fraction of sp³-hybridized carbons (Fsp3) is 0.333. The Morgan fingerprint density at radius 3 is 2.56 bits per heavy atom. The van der Waals surface area contributed by atoms with Gasteiger partial charge in [0.15, 0.2) is 10.4 Å². The summed E-state index contributed by atoms with van der Waals surface area (Å²) in [4.78, 5) is 26.6. The third kappa shape index (κ3) is 3.71. The number of ether oxygens (including phenoxy) is 1. The molecule has 1 aromatic heterocycles. The maximum Gasteiger partial charge on any atom is 0.337 e. The number of hydrogen-bond acceptors (Lipinski definition) is 5. The SMILES string of the molecule is COC(=O)c1ccc(N2CCCC2)c(NC(=O)c2oc(Br)cc2C)c1. The van der Waals surface area contributed by atoms with Crippen LogP contribution in [0.4, 0.5) is 11.4 Å². The van der Waals surface area contributed by atoms with Gasteiger partial charge in [0.25, 0.3) is 5.91 Å². The highest BCUT2D eigenvalue weighted by atomic mass is 79.9. The summed E-state index contributed by atoms with van der Waals surface area (Å²) in [6, 6.07) is 6.94. The zero-order valence-corrected chi connectivity index (χ0v) is 15.7. The average molecular weight is 407 g/mol. The van der Waals surface area contributed by atoms with Gasteiger partial charge in [-0.25, -0.2) is 4.79 Å². The summed E-state index contributed by atoms with van der Waals surface area (Å²) in [5.74, 6) is -0.561. The van der Waals surface area contributed by atoms with Gasteiger partial charge >= 0.3 is 5.97 Å². The van der Waals surface area contributed by atoms with Crippen molar-refractivity contribution in [2.75, 3.05) is 30.4 Å². The fourth-order valence-electron chi connectivity index (χ4n) is 2.96. The standard InChI is InChI=1S/C18H19BrN2O4/c1-11-9-15(19)25-16(11)17(22)20-13-10-12(18(23)24-2)5-6-14(13)21-7-3-4-8-21/h5-6,9-10H,3-4,7-8H2,1-2H3,(H,20,22). The summed E-state index contributed by atoms with van der Waals surface area (Å²) in [7, 11) is 1.33. The first kappa shape index (κ1) is 17.5. The van der Waals surface area contributed by atoms with Crippen molar-refractivity contribution < 1.29 is 18.7 Å². The molecule has 0 saturated carbocycles. The predicted octanol–water partition coefficient (Wildman–Crippen LogP) is 3.99. The van der Waals surface area contributed by atoms with Crippen LogP contribution in [0.25, 0.3) is 0 Å². The highest BCUT2D eigenvalue weighted by Gasteiger charge is 2.21. The third-order valence-electron chi connectivity index (χ3n) is 4.21. The van der Waals surface area contributed by atoms with E-state index in [4.69, 9.17) is 9.15 Å². The molecule has 0 radical (unpaired) electrons. The van der Waals surface area contributed by atoms with Crippen molar-refractivity contribution in [2.24, 2.45) is 0 Å². The molecule has 0 aliphatic carbocycles. The Labute approximate surface area is 154 Å². The molecule has 1 aliphatic rings. The van der Waals surface area contributed by atoms with Gasteiger partial charge in [0.2, 0.25) is 0 Å². The predicted molar refractivity (Wildman–Crippen MR) is 98.3 cm³/mol. The Kier molecular flexibility index (Phi) is 5.13. The molecule has 6 nitrogen and oxygen atoms in total. The normalized spacial score (nSPS) is 13.8. The van der Waals surface area contributed by atoms with Crippen LogP contribution in [-0.4, -0.2) is 32.1 Å². The van der Waals surface area contributed by atoms with E-state index in [-0.39, 0.29) is 11.7 Å². The first-order chi connectivity index (χ1) is 12.0. The van der Waals surface area contributed by atoms with E-state index < -0.39 is 5.97 Å². The average Bonchev–Trinajstić information content (AvgIpc) is 3.23. The number of nitrogens with zero attached hydrogens (tertiary/aromatic N) is 1. The molecule has 0 spiro atoms. The van der Waals surface area contributed by atoms with Crippen LogP contribution in [0.2, 0.25) is 0 Å². The zero-order chi connectivity index (χ0) is 18.0. The van der Waals surface area contributed by atoms with Crippen LogP contribution in [0, 0.1) is 6.92 Å². The van der Waals surface area contributed by atoms with Gasteiger partial charge in [0, 0.05) is 18.7 Å². The second-order valence-electron chi connectivity index (χ2n) is 5.93. The number of carbonyl (C=O) groups excluding carboxylic acids is 2. The Morgan fingerprint density at radius 1 is 1.24 bits per heavy atom. The molecule has 0 bridgehead atoms. The number of furan rings is 1. The van der Waals surface area contributed by atoms with Crippen LogP contribution in [0.3, 0.4) is 0 Å². The molecule has 2 heterocycles. The summed E-state index contributed by atoms with van der Waals surface area (Å²) < 4.78 is 10.7. The van der Waals surface area contributed by atoms with Gasteiger partial charge in [0.05, 0.1) is 24.0 Å². The number of benzene rings is 1. The zero-order valence-electron chi connectivity index (χ0n) is 14.1. The van der Waals surface area contributed by atoms with Gasteiger partial charge in [-0.15, -0.1) is 0 Å². The van der Waals surface area contributed by atoms with Gasteiger partial charge in [-0.2, -0.15) is 0 Å². The first-order valence-electron chi connectivity index (χ1n) is 8.04. The molecule has 1 aromatic carbocycles. The molecule has 1 fully saturated rings. The molecular formula is C18H19BrN2O4. The van der Waals surface area contributed by atoms with E-state index in [0.717, 1.165) is 37.2 Å². The van der Waals surface area contributed by atoms with E-state index in [2.05, 4.69) is 26.1 Å². The molecule has 1 saturated heterocycles. The lowest BCUT2D eigenvalue weighted by molar-refractivity contribution is 0.0600. The maximum absolute atomic E-state index is 12.6. The minimum absolute atomic E-state index is 0.239. The summed E-state index contributed by atoms with van der Waals surface area (Å²) in [5, 5.41) is 2.87. The molecule has 1 N–H and O–H groups in total. The van der Waals surface area contributed by atoms with Crippen molar-refractivity contribution in [1.29, 1.82) is 0 Å². The Hall–Kier alpha value is -2.28. The first-order valence-corrected chi connectivity index (χ1v) is 8.83. The lowest BCUT2D eigenvalue weighted by Crippen LogP contribution is -2.21. The largest absolute Gasteiger partial charge is 0.465 e. The highest BCUT2D eigenvalue weighted by Crippen LogP contribution is 2.31. The number of methoxy groups -OCH3 is 1. The fourth-order valence-corrected chi connectivity index (χ4v) is 3.47. The van der Waals surface area contributed by atoms with Crippen LogP contribution >= 0.6 is 15.9 Å². The van der Waals surface area contributed by atoms with Gasteiger partial charge in [0.1, 0.15) is 0 Å². The molecule has 2 aromatic rings. The third-order valence-corrected chi connectivity index (χ3v) is 4.60. The van der Waals surface area contributed by atoms with Crippen LogP contribution in [0.5, 0.6) is 0 Å². The molecule has 25 heavy (non-hydrogen) atoms. The Morgan fingerprint density at radius 2 is 1.96 bits per heavy atom. The van der Waals surface area contributed by atoms with E-state index in [1.807, 2.05) is 6.07 Å². The summed E-state index contributed by atoms with van der Waals surface area (Å²) >= 11 is 3.23. The number of halogens is 1. The lowest BCUT2D eigenvalue weighted by atomic mass is 10.1. The van der Waals surface area contributed by atoms with Crippen molar-refractivity contribution in [3.05, 3.63) is 45.8 Å². The van der Waals surface area contributed by atoms with Crippen molar-refractivity contribution in [1.82, 2.24) is 0 Å². The molecule has 0 unspecified atom stereocenters. The summed E-state index contributed by atoms with van der Waals surface area (Å²) in [5.41, 5.74) is 2.58. The van der Waals surface area contributed by atoms with Crippen LogP contribution < -0.4 is 10.2 Å². The highest BCUT2D eigenvalue weighted by molar-refractivity contribution is 9.10. The van der Waals surface area contributed by atoms with Gasteiger partial charge < -0.3 is 19.4 Å². The lowest BCUT2D eigenvalue weighted by Gasteiger charge is -2.22. The number of carbonyl (C=O) groups is 2. The molecule has 132 valence electrons. The van der Waals surface area contributed by atoms with E-state index in [1.54, 1.807) is 25.1 Å². The second kappa shape index (κ2) is 7.31. The number of anilines is 2. The molecule has 7 heteroatoms. The Bertz CT molecular complexity index is 809.